The highest BCUT2D eigenvalue weighted by Gasteiger charge is 2.56. The van der Waals surface area contributed by atoms with Crippen molar-refractivity contribution in [3.8, 4) is 11.1 Å². The molecule has 2 aromatic carbocycles. The van der Waals surface area contributed by atoms with Crippen LogP contribution in [-0.2, 0) is 15.1 Å². The molecule has 2 aliphatic rings. The summed E-state index contributed by atoms with van der Waals surface area (Å²) in [5.41, 5.74) is 4.03. The van der Waals surface area contributed by atoms with Crippen LogP contribution in [0.4, 0.5) is 0 Å². The minimum atomic E-state index is -0.617. The molecule has 1 aliphatic carbocycles. The minimum absolute atomic E-state index is 0.0987. The van der Waals surface area contributed by atoms with Crippen LogP contribution in [0.15, 0.2) is 48.5 Å². The summed E-state index contributed by atoms with van der Waals surface area (Å²) in [5.74, 6) is 0.0400. The van der Waals surface area contributed by atoms with Gasteiger partial charge in [0.15, 0.2) is 5.60 Å². The van der Waals surface area contributed by atoms with Gasteiger partial charge in [-0.2, -0.15) is 0 Å². The predicted molar refractivity (Wildman–Crippen MR) is 85.4 cm³/mol. The minimum Gasteiger partial charge on any atom is -0.449 e. The summed E-state index contributed by atoms with van der Waals surface area (Å²) >= 11 is 0. The molecule has 22 heavy (non-hydrogen) atoms. The van der Waals surface area contributed by atoms with E-state index in [9.17, 15) is 4.79 Å². The van der Waals surface area contributed by atoms with Crippen LogP contribution < -0.4 is 0 Å². The second-order valence-electron chi connectivity index (χ2n) is 6.46. The summed E-state index contributed by atoms with van der Waals surface area (Å²) < 4.78 is 6.01. The smallest absolute Gasteiger partial charge is 0.307 e. The van der Waals surface area contributed by atoms with Gasteiger partial charge < -0.3 is 9.64 Å². The van der Waals surface area contributed by atoms with Gasteiger partial charge in [0.25, 0.3) is 0 Å². The highest BCUT2D eigenvalue weighted by atomic mass is 16.6. The molecule has 3 nitrogen and oxygen atoms in total. The lowest BCUT2D eigenvalue weighted by Gasteiger charge is -2.33. The maximum Gasteiger partial charge on any atom is 0.307 e. The fourth-order valence-corrected chi connectivity index (χ4v) is 4.06. The summed E-state index contributed by atoms with van der Waals surface area (Å²) in [7, 11) is 4.09. The highest BCUT2D eigenvalue weighted by Crippen LogP contribution is 2.56. The molecule has 0 amide bonds. The zero-order valence-electron chi connectivity index (χ0n) is 12.9. The second kappa shape index (κ2) is 4.68. The van der Waals surface area contributed by atoms with Gasteiger partial charge in [-0.3, -0.25) is 4.79 Å². The van der Waals surface area contributed by atoms with E-state index in [2.05, 4.69) is 29.2 Å². The number of hydrogen-bond donors (Lipinski definition) is 0. The van der Waals surface area contributed by atoms with Crippen LogP contribution in [0.1, 0.15) is 17.5 Å². The van der Waals surface area contributed by atoms with E-state index in [4.69, 9.17) is 4.74 Å². The number of rotatable bonds is 2. The molecule has 4 rings (SSSR count). The lowest BCUT2D eigenvalue weighted by atomic mass is 9.79. The van der Waals surface area contributed by atoms with Gasteiger partial charge >= 0.3 is 5.97 Å². The molecule has 1 spiro atoms. The van der Waals surface area contributed by atoms with E-state index >= 15 is 0 Å². The summed E-state index contributed by atoms with van der Waals surface area (Å²) in [4.78, 5) is 14.3. The molecule has 3 heteroatoms. The number of benzene rings is 2. The van der Waals surface area contributed by atoms with Gasteiger partial charge in [-0.1, -0.05) is 48.5 Å². The third kappa shape index (κ3) is 1.69. The standard InChI is InChI=1S/C19H19NO2/c1-20(2)12-13-11-18(21)22-19(13)16-9-5-3-7-14(16)15-8-4-6-10-17(15)19/h3-10,13H,11-12H2,1-2H3. The molecule has 1 heterocycles. The molecule has 0 radical (unpaired) electrons. The number of esters is 1. The first-order valence-corrected chi connectivity index (χ1v) is 7.69. The van der Waals surface area contributed by atoms with Crippen LogP contribution in [0.2, 0.25) is 0 Å². The molecular weight excluding hydrogens is 274 g/mol. The Kier molecular flexibility index (Phi) is 2.88. The van der Waals surface area contributed by atoms with E-state index in [0.29, 0.717) is 6.42 Å². The van der Waals surface area contributed by atoms with Crippen LogP contribution in [0.5, 0.6) is 0 Å². The lowest BCUT2D eigenvalue weighted by molar-refractivity contribution is -0.146. The van der Waals surface area contributed by atoms with Crippen molar-refractivity contribution in [3.63, 3.8) is 0 Å². The molecule has 1 saturated heterocycles. The molecule has 0 aromatic heterocycles. The molecule has 1 atom stereocenters. The first-order valence-electron chi connectivity index (χ1n) is 7.69. The first-order chi connectivity index (χ1) is 10.6. The number of ether oxygens (including phenoxy) is 1. The topological polar surface area (TPSA) is 29.5 Å². The Morgan fingerprint density at radius 3 is 2.14 bits per heavy atom. The van der Waals surface area contributed by atoms with Crippen molar-refractivity contribution in [2.45, 2.75) is 12.0 Å². The number of carbonyl (C=O) groups is 1. The van der Waals surface area contributed by atoms with Crippen LogP contribution in [-0.4, -0.2) is 31.5 Å². The number of nitrogens with zero attached hydrogens (tertiary/aromatic N) is 1. The van der Waals surface area contributed by atoms with Gasteiger partial charge in [0.2, 0.25) is 0 Å². The van der Waals surface area contributed by atoms with Crippen molar-refractivity contribution in [3.05, 3.63) is 59.7 Å². The van der Waals surface area contributed by atoms with Crippen molar-refractivity contribution in [1.82, 2.24) is 4.90 Å². The maximum absolute atomic E-state index is 12.2. The van der Waals surface area contributed by atoms with Crippen LogP contribution in [0.25, 0.3) is 11.1 Å². The zero-order valence-corrected chi connectivity index (χ0v) is 12.9. The van der Waals surface area contributed by atoms with E-state index in [1.165, 1.54) is 11.1 Å². The SMILES string of the molecule is CN(C)CC1CC(=O)OC12c1ccccc1-c1ccccc12. The van der Waals surface area contributed by atoms with Gasteiger partial charge in [-0.05, 0) is 25.2 Å². The second-order valence-corrected chi connectivity index (χ2v) is 6.46. The number of hydrogen-bond acceptors (Lipinski definition) is 3. The average molecular weight is 293 g/mol. The molecule has 2 aromatic rings. The van der Waals surface area contributed by atoms with Crippen molar-refractivity contribution in [2.75, 3.05) is 20.6 Å². The van der Waals surface area contributed by atoms with E-state index in [0.717, 1.165) is 17.7 Å². The van der Waals surface area contributed by atoms with Crippen LogP contribution in [0, 0.1) is 5.92 Å². The van der Waals surface area contributed by atoms with Crippen molar-refractivity contribution >= 4 is 5.97 Å². The summed E-state index contributed by atoms with van der Waals surface area (Å²) in [6.45, 7) is 0.828. The Morgan fingerprint density at radius 2 is 1.59 bits per heavy atom. The molecule has 0 N–H and O–H groups in total. The van der Waals surface area contributed by atoms with E-state index in [-0.39, 0.29) is 11.9 Å². The Hall–Kier alpha value is -2.13. The summed E-state index contributed by atoms with van der Waals surface area (Å²) in [6.07, 6.45) is 0.473. The molecular formula is C19H19NO2. The molecule has 1 fully saturated rings. The molecule has 1 aliphatic heterocycles. The van der Waals surface area contributed by atoms with Crippen molar-refractivity contribution in [2.24, 2.45) is 5.92 Å². The molecule has 0 bridgehead atoms. The molecule has 1 unspecified atom stereocenters. The Bertz CT molecular complexity index is 705. The van der Waals surface area contributed by atoms with E-state index in [1.54, 1.807) is 0 Å². The number of fused-ring (bicyclic) bond motifs is 5. The summed E-state index contributed by atoms with van der Waals surface area (Å²) in [5, 5.41) is 0. The Balaban J connectivity index is 1.98. The van der Waals surface area contributed by atoms with Crippen molar-refractivity contribution < 1.29 is 9.53 Å². The predicted octanol–water partition coefficient (Wildman–Crippen LogP) is 3.04. The maximum atomic E-state index is 12.2. The van der Waals surface area contributed by atoms with Crippen LogP contribution >= 0.6 is 0 Å². The largest absolute Gasteiger partial charge is 0.449 e. The number of carbonyl (C=O) groups excluding carboxylic acids is 1. The van der Waals surface area contributed by atoms with Gasteiger partial charge in [-0.25, -0.2) is 0 Å². The quantitative estimate of drug-likeness (QED) is 0.797. The van der Waals surface area contributed by atoms with Gasteiger partial charge in [0, 0.05) is 23.6 Å². The summed E-state index contributed by atoms with van der Waals surface area (Å²) in [6, 6.07) is 16.6. The van der Waals surface area contributed by atoms with E-state index in [1.807, 2.05) is 38.4 Å². The van der Waals surface area contributed by atoms with Gasteiger partial charge in [-0.15, -0.1) is 0 Å². The fourth-order valence-electron chi connectivity index (χ4n) is 4.06. The van der Waals surface area contributed by atoms with Gasteiger partial charge in [0.1, 0.15) is 0 Å². The fraction of sp³-hybridized carbons (Fsp3) is 0.316. The average Bonchev–Trinajstić information content (AvgIpc) is 2.97. The lowest BCUT2D eigenvalue weighted by Crippen LogP contribution is -2.37. The zero-order chi connectivity index (χ0) is 15.3. The molecule has 0 saturated carbocycles. The van der Waals surface area contributed by atoms with Gasteiger partial charge in [0.05, 0.1) is 6.42 Å². The highest BCUT2D eigenvalue weighted by molar-refractivity contribution is 5.85. The Morgan fingerprint density at radius 1 is 1.05 bits per heavy atom. The monoisotopic (exact) mass is 293 g/mol. The van der Waals surface area contributed by atoms with Crippen LogP contribution in [0.3, 0.4) is 0 Å². The molecule has 112 valence electrons. The third-order valence-electron chi connectivity index (χ3n) is 4.79. The normalized spacial score (nSPS) is 21.0. The third-order valence-corrected chi connectivity index (χ3v) is 4.79. The Labute approximate surface area is 130 Å². The first kappa shape index (κ1) is 13.5. The van der Waals surface area contributed by atoms with Crippen molar-refractivity contribution in [1.29, 1.82) is 0 Å². The van der Waals surface area contributed by atoms with E-state index < -0.39 is 5.60 Å².